The van der Waals surface area contributed by atoms with Crippen molar-refractivity contribution in [1.29, 1.82) is 5.26 Å². The zero-order valence-corrected chi connectivity index (χ0v) is 13.7. The summed E-state index contributed by atoms with van der Waals surface area (Å²) < 4.78 is 46.3. The number of nitriles is 1. The highest BCUT2D eigenvalue weighted by molar-refractivity contribution is 6.30. The van der Waals surface area contributed by atoms with E-state index in [2.05, 4.69) is 15.5 Å². The Morgan fingerprint density at radius 1 is 1.19 bits per heavy atom. The predicted molar refractivity (Wildman–Crippen MR) is 84.7 cm³/mol. The second-order valence-corrected chi connectivity index (χ2v) is 5.53. The second-order valence-electron chi connectivity index (χ2n) is 5.09. The van der Waals surface area contributed by atoms with Gasteiger partial charge in [0, 0.05) is 5.02 Å². The molecule has 0 aliphatic heterocycles. The van der Waals surface area contributed by atoms with Gasteiger partial charge in [0.05, 0.1) is 22.9 Å². The van der Waals surface area contributed by atoms with E-state index < -0.39 is 11.7 Å². The van der Waals surface area contributed by atoms with Gasteiger partial charge in [0.2, 0.25) is 0 Å². The lowest BCUT2D eigenvalue weighted by molar-refractivity contribution is -0.137. The summed E-state index contributed by atoms with van der Waals surface area (Å²) in [5.41, 5.74) is -0.847. The largest absolute Gasteiger partial charge is 0.485 e. The molecule has 0 fully saturated rings. The smallest absolute Gasteiger partial charge is 0.418 e. The maximum Gasteiger partial charge on any atom is 0.418 e. The molecule has 6 nitrogen and oxygen atoms in total. The zero-order valence-electron chi connectivity index (χ0n) is 12.9. The van der Waals surface area contributed by atoms with Crippen molar-refractivity contribution in [1.82, 2.24) is 20.2 Å². The van der Waals surface area contributed by atoms with Gasteiger partial charge in [0.1, 0.15) is 12.4 Å². The van der Waals surface area contributed by atoms with Crippen molar-refractivity contribution in [2.24, 2.45) is 0 Å². The lowest BCUT2D eigenvalue weighted by atomic mass is 10.1. The molecule has 1 heterocycles. The molecule has 0 saturated carbocycles. The molecule has 0 atom stereocenters. The van der Waals surface area contributed by atoms with Gasteiger partial charge in [-0.3, -0.25) is 0 Å². The van der Waals surface area contributed by atoms with E-state index in [1.807, 2.05) is 6.07 Å². The van der Waals surface area contributed by atoms with Gasteiger partial charge in [0.25, 0.3) is 0 Å². The number of alkyl halides is 3. The average Bonchev–Trinajstić information content (AvgIpc) is 3.08. The Bertz CT molecular complexity index is 981. The van der Waals surface area contributed by atoms with E-state index in [0.29, 0.717) is 11.3 Å². The van der Waals surface area contributed by atoms with Crippen molar-refractivity contribution in [2.45, 2.75) is 12.8 Å². The number of halogens is 4. The van der Waals surface area contributed by atoms with Crippen molar-refractivity contribution in [3.05, 3.63) is 64.4 Å². The van der Waals surface area contributed by atoms with E-state index in [-0.39, 0.29) is 23.1 Å². The van der Waals surface area contributed by atoms with Gasteiger partial charge in [-0.1, -0.05) is 17.7 Å². The standard InChI is InChI=1S/C16H9ClF3N5O/c17-11-4-5-14(13(7-11)16(18,19)20)25-15(22-23-24-25)9-26-12-3-1-2-10(6-12)8-21/h1-7H,9H2. The third-order valence-electron chi connectivity index (χ3n) is 3.36. The molecule has 2 aromatic carbocycles. The van der Waals surface area contributed by atoms with Gasteiger partial charge < -0.3 is 4.74 Å². The van der Waals surface area contributed by atoms with Crippen molar-refractivity contribution in [2.75, 3.05) is 0 Å². The first kappa shape index (κ1) is 17.7. The molecular formula is C16H9ClF3N5O. The van der Waals surface area contributed by atoms with Gasteiger partial charge in [-0.25, -0.2) is 0 Å². The Labute approximate surface area is 150 Å². The van der Waals surface area contributed by atoms with E-state index in [1.165, 1.54) is 18.2 Å². The van der Waals surface area contributed by atoms with Crippen LogP contribution in [0.5, 0.6) is 5.75 Å². The molecule has 3 rings (SSSR count). The number of ether oxygens (including phenoxy) is 1. The minimum absolute atomic E-state index is 0.0553. The number of hydrogen-bond donors (Lipinski definition) is 0. The number of hydrogen-bond acceptors (Lipinski definition) is 5. The van der Waals surface area contributed by atoms with Gasteiger partial charge in [-0.2, -0.15) is 23.1 Å². The summed E-state index contributed by atoms with van der Waals surface area (Å²) in [6.07, 6.45) is -4.63. The summed E-state index contributed by atoms with van der Waals surface area (Å²) in [6, 6.07) is 11.6. The molecular weight excluding hydrogens is 371 g/mol. The summed E-state index contributed by atoms with van der Waals surface area (Å²) in [7, 11) is 0. The average molecular weight is 380 g/mol. The fourth-order valence-electron chi connectivity index (χ4n) is 2.21. The molecule has 0 spiro atoms. The van der Waals surface area contributed by atoms with Crippen molar-refractivity contribution in [3.63, 3.8) is 0 Å². The summed E-state index contributed by atoms with van der Waals surface area (Å²) in [5.74, 6) is 0.422. The van der Waals surface area contributed by atoms with Crippen LogP contribution in [0.3, 0.4) is 0 Å². The number of rotatable bonds is 4. The molecule has 10 heteroatoms. The first-order valence-corrected chi connectivity index (χ1v) is 7.53. The maximum absolute atomic E-state index is 13.3. The highest BCUT2D eigenvalue weighted by atomic mass is 35.5. The van der Waals surface area contributed by atoms with Crippen LogP contribution in [0.1, 0.15) is 17.0 Å². The normalized spacial score (nSPS) is 11.2. The van der Waals surface area contributed by atoms with Crippen LogP contribution in [0.4, 0.5) is 13.2 Å². The van der Waals surface area contributed by atoms with E-state index in [0.717, 1.165) is 10.7 Å². The van der Waals surface area contributed by atoms with Crippen molar-refractivity contribution < 1.29 is 17.9 Å². The minimum atomic E-state index is -4.63. The summed E-state index contributed by atoms with van der Waals surface area (Å²) in [5, 5.41) is 19.6. The van der Waals surface area contributed by atoms with Crippen LogP contribution in [-0.4, -0.2) is 20.2 Å². The summed E-state index contributed by atoms with van der Waals surface area (Å²) in [6.45, 7) is -0.193. The molecule has 0 N–H and O–H groups in total. The molecule has 0 aliphatic carbocycles. The molecule has 0 aliphatic rings. The molecule has 0 unspecified atom stereocenters. The molecule has 1 aromatic heterocycles. The monoisotopic (exact) mass is 379 g/mol. The molecule has 26 heavy (non-hydrogen) atoms. The first-order chi connectivity index (χ1) is 12.4. The quantitative estimate of drug-likeness (QED) is 0.689. The lowest BCUT2D eigenvalue weighted by Crippen LogP contribution is -2.14. The fraction of sp³-hybridized carbons (Fsp3) is 0.125. The Morgan fingerprint density at radius 3 is 2.73 bits per heavy atom. The number of nitrogens with zero attached hydrogens (tertiary/aromatic N) is 5. The van der Waals surface area contributed by atoms with Gasteiger partial charge >= 0.3 is 6.18 Å². The highest BCUT2D eigenvalue weighted by Gasteiger charge is 2.35. The van der Waals surface area contributed by atoms with Crippen LogP contribution in [0.15, 0.2) is 42.5 Å². The Kier molecular flexibility index (Phi) is 4.77. The van der Waals surface area contributed by atoms with Gasteiger partial charge in [-0.15, -0.1) is 5.10 Å². The number of benzene rings is 2. The topological polar surface area (TPSA) is 76.6 Å². The maximum atomic E-state index is 13.3. The van der Waals surface area contributed by atoms with Gasteiger partial charge in [-0.05, 0) is 46.8 Å². The van der Waals surface area contributed by atoms with Crippen LogP contribution in [-0.2, 0) is 12.8 Å². The molecule has 0 bridgehead atoms. The Balaban J connectivity index is 1.91. The molecule has 0 amide bonds. The number of aromatic nitrogens is 4. The Morgan fingerprint density at radius 2 is 2.00 bits per heavy atom. The molecule has 3 aromatic rings. The second kappa shape index (κ2) is 7.01. The highest BCUT2D eigenvalue weighted by Crippen LogP contribution is 2.35. The predicted octanol–water partition coefficient (Wildman–Crippen LogP) is 3.79. The minimum Gasteiger partial charge on any atom is -0.485 e. The molecule has 0 saturated heterocycles. The van der Waals surface area contributed by atoms with Crippen LogP contribution in [0.25, 0.3) is 5.69 Å². The van der Waals surface area contributed by atoms with Crippen molar-refractivity contribution in [3.8, 4) is 17.5 Å². The van der Waals surface area contributed by atoms with E-state index in [9.17, 15) is 13.2 Å². The van der Waals surface area contributed by atoms with E-state index >= 15 is 0 Å². The van der Waals surface area contributed by atoms with E-state index in [4.69, 9.17) is 21.6 Å². The Hall–Kier alpha value is -3.12. The third kappa shape index (κ3) is 3.75. The third-order valence-corrected chi connectivity index (χ3v) is 3.59. The lowest BCUT2D eigenvalue weighted by Gasteiger charge is -2.14. The van der Waals surface area contributed by atoms with Crippen molar-refractivity contribution >= 4 is 11.6 Å². The van der Waals surface area contributed by atoms with Crippen LogP contribution in [0.2, 0.25) is 5.02 Å². The fourth-order valence-corrected chi connectivity index (χ4v) is 2.38. The van der Waals surface area contributed by atoms with E-state index in [1.54, 1.807) is 18.2 Å². The van der Waals surface area contributed by atoms with Crippen LogP contribution >= 0.6 is 11.6 Å². The van der Waals surface area contributed by atoms with Crippen LogP contribution < -0.4 is 4.74 Å². The SMILES string of the molecule is N#Cc1cccc(OCc2nnnn2-c2ccc(Cl)cc2C(F)(F)F)c1. The zero-order chi connectivity index (χ0) is 18.7. The molecule has 0 radical (unpaired) electrons. The van der Waals surface area contributed by atoms with Gasteiger partial charge in [0.15, 0.2) is 5.82 Å². The number of tetrazole rings is 1. The first-order valence-electron chi connectivity index (χ1n) is 7.16. The van der Waals surface area contributed by atoms with Crippen LogP contribution in [0, 0.1) is 11.3 Å². The summed E-state index contributed by atoms with van der Waals surface area (Å²) in [4.78, 5) is 0. The molecule has 132 valence electrons. The summed E-state index contributed by atoms with van der Waals surface area (Å²) >= 11 is 5.68.